The molecule has 1 aromatic heterocycles. The number of aromatic nitrogens is 2. The summed E-state index contributed by atoms with van der Waals surface area (Å²) in [5, 5.41) is 7.80. The second-order valence-electron chi connectivity index (χ2n) is 6.85. The fourth-order valence-corrected chi connectivity index (χ4v) is 3.72. The van der Waals surface area contributed by atoms with Gasteiger partial charge in [-0.3, -0.25) is 0 Å². The molecule has 6 heteroatoms. The Morgan fingerprint density at radius 3 is 2.67 bits per heavy atom. The van der Waals surface area contributed by atoms with E-state index in [1.807, 2.05) is 11.9 Å². The summed E-state index contributed by atoms with van der Waals surface area (Å²) in [6.45, 7) is 1.04. The van der Waals surface area contributed by atoms with Crippen molar-refractivity contribution in [2.45, 2.75) is 18.9 Å². The normalized spacial score (nSPS) is 17.4. The minimum absolute atomic E-state index is 0.262. The monoisotopic (exact) mass is 369 g/mol. The Balaban J connectivity index is 1.88. The van der Waals surface area contributed by atoms with Crippen LogP contribution in [0.5, 0.6) is 0 Å². The molecule has 3 aromatic rings. The van der Waals surface area contributed by atoms with E-state index in [0.717, 1.165) is 12.1 Å². The average Bonchev–Trinajstić information content (AvgIpc) is 2.84. The van der Waals surface area contributed by atoms with Crippen LogP contribution < -0.4 is 0 Å². The molecule has 1 unspecified atom stereocenters. The molecule has 0 aliphatic carbocycles. The van der Waals surface area contributed by atoms with Crippen molar-refractivity contribution >= 4 is 0 Å². The van der Waals surface area contributed by atoms with Gasteiger partial charge < -0.3 is 4.90 Å². The lowest BCUT2D eigenvalue weighted by molar-refractivity contribution is 0.323. The topological polar surface area (TPSA) is 29.0 Å². The Morgan fingerprint density at radius 2 is 1.89 bits per heavy atom. The van der Waals surface area contributed by atoms with Gasteiger partial charge in [0.15, 0.2) is 0 Å². The number of benzene rings is 2. The Labute approximate surface area is 155 Å². The first-order valence-corrected chi connectivity index (χ1v) is 8.77. The zero-order chi connectivity index (χ0) is 19.0. The van der Waals surface area contributed by atoms with Crippen LogP contribution in [0.3, 0.4) is 0 Å². The third-order valence-electron chi connectivity index (χ3n) is 5.06. The van der Waals surface area contributed by atoms with Gasteiger partial charge in [0.25, 0.3) is 0 Å². The summed E-state index contributed by atoms with van der Waals surface area (Å²) >= 11 is 0. The molecule has 27 heavy (non-hydrogen) atoms. The quantitative estimate of drug-likeness (QED) is 0.665. The van der Waals surface area contributed by atoms with Crippen molar-refractivity contribution < 1.29 is 13.2 Å². The highest BCUT2D eigenvalue weighted by Crippen LogP contribution is 2.38. The summed E-state index contributed by atoms with van der Waals surface area (Å²) in [5.74, 6) is -1.77. The number of nitrogens with zero attached hydrogens (tertiary/aromatic N) is 3. The molecule has 2 heterocycles. The van der Waals surface area contributed by atoms with E-state index in [0.29, 0.717) is 41.9 Å². The van der Waals surface area contributed by atoms with Crippen LogP contribution in [0.15, 0.2) is 48.7 Å². The van der Waals surface area contributed by atoms with Crippen LogP contribution in [0.4, 0.5) is 13.2 Å². The summed E-state index contributed by atoms with van der Waals surface area (Å²) in [6, 6.07) is 10.3. The van der Waals surface area contributed by atoms with Crippen LogP contribution in [-0.4, -0.2) is 28.7 Å². The second-order valence-corrected chi connectivity index (χ2v) is 6.85. The van der Waals surface area contributed by atoms with Crippen LogP contribution in [0, 0.1) is 17.5 Å². The predicted molar refractivity (Wildman–Crippen MR) is 96.6 cm³/mol. The van der Waals surface area contributed by atoms with Crippen LogP contribution in [0.25, 0.3) is 11.3 Å². The molecule has 4 rings (SSSR count). The van der Waals surface area contributed by atoms with Crippen molar-refractivity contribution in [3.8, 4) is 11.3 Å². The molecule has 0 spiro atoms. The molecule has 0 saturated heterocycles. The van der Waals surface area contributed by atoms with Crippen molar-refractivity contribution in [3.63, 3.8) is 0 Å². The summed E-state index contributed by atoms with van der Waals surface area (Å²) < 4.78 is 43.6. The van der Waals surface area contributed by atoms with E-state index in [4.69, 9.17) is 0 Å². The van der Waals surface area contributed by atoms with Gasteiger partial charge in [0.05, 0.1) is 5.69 Å². The van der Waals surface area contributed by atoms with Crippen molar-refractivity contribution in [1.29, 1.82) is 0 Å². The zero-order valence-corrected chi connectivity index (χ0v) is 14.8. The van der Waals surface area contributed by atoms with Crippen LogP contribution >= 0.6 is 0 Å². The van der Waals surface area contributed by atoms with Gasteiger partial charge in [0, 0.05) is 29.8 Å². The molecule has 2 aromatic carbocycles. The van der Waals surface area contributed by atoms with E-state index in [-0.39, 0.29) is 11.4 Å². The van der Waals surface area contributed by atoms with Gasteiger partial charge in [0.1, 0.15) is 17.5 Å². The van der Waals surface area contributed by atoms with Gasteiger partial charge in [-0.15, -0.1) is 0 Å². The third-order valence-corrected chi connectivity index (χ3v) is 5.06. The molecule has 0 bridgehead atoms. The van der Waals surface area contributed by atoms with Gasteiger partial charge in [-0.25, -0.2) is 13.2 Å². The fourth-order valence-electron chi connectivity index (χ4n) is 3.72. The van der Waals surface area contributed by atoms with Crippen molar-refractivity contribution in [2.24, 2.45) is 0 Å². The van der Waals surface area contributed by atoms with Crippen LogP contribution in [0.2, 0.25) is 0 Å². The summed E-state index contributed by atoms with van der Waals surface area (Å²) in [5.41, 5.74) is 2.24. The van der Waals surface area contributed by atoms with Crippen LogP contribution in [0.1, 0.15) is 29.0 Å². The van der Waals surface area contributed by atoms with E-state index in [2.05, 4.69) is 10.2 Å². The summed E-state index contributed by atoms with van der Waals surface area (Å²) in [7, 11) is 1.89. The number of halogens is 3. The van der Waals surface area contributed by atoms with Crippen molar-refractivity contribution in [1.82, 2.24) is 15.1 Å². The summed E-state index contributed by atoms with van der Waals surface area (Å²) in [6.07, 6.45) is 2.11. The highest BCUT2D eigenvalue weighted by molar-refractivity contribution is 5.62. The van der Waals surface area contributed by atoms with Gasteiger partial charge in [-0.05, 0) is 67.5 Å². The Hall–Kier alpha value is -2.73. The third kappa shape index (κ3) is 3.32. The molecule has 0 fully saturated rings. The zero-order valence-electron chi connectivity index (χ0n) is 14.8. The molecule has 1 atom stereocenters. The van der Waals surface area contributed by atoms with E-state index >= 15 is 4.39 Å². The summed E-state index contributed by atoms with van der Waals surface area (Å²) in [4.78, 5) is 1.99. The largest absolute Gasteiger partial charge is 0.302 e. The Morgan fingerprint density at radius 1 is 1.04 bits per heavy atom. The number of fused-ring (bicyclic) bond motifs is 1. The van der Waals surface area contributed by atoms with Gasteiger partial charge >= 0.3 is 0 Å². The van der Waals surface area contributed by atoms with Gasteiger partial charge in [0.2, 0.25) is 0 Å². The standard InChI is InChI=1S/C21H18F3N3/c1-27-10-8-15(17-11-13(22)4-7-19(17)23)14-5-6-16(21(24)18(14)12-27)20-3-2-9-25-26-20/h2-7,9,11,15H,8,10,12H2,1H3. The lowest BCUT2D eigenvalue weighted by Gasteiger charge is -2.20. The first-order valence-electron chi connectivity index (χ1n) is 8.77. The molecular formula is C21H18F3N3. The number of rotatable bonds is 2. The molecular weight excluding hydrogens is 351 g/mol. The molecule has 3 nitrogen and oxygen atoms in total. The highest BCUT2D eigenvalue weighted by atomic mass is 19.1. The maximum atomic E-state index is 15.4. The van der Waals surface area contributed by atoms with Crippen LogP contribution in [-0.2, 0) is 6.54 Å². The maximum Gasteiger partial charge on any atom is 0.137 e. The molecule has 138 valence electrons. The maximum absolute atomic E-state index is 15.4. The molecule has 0 radical (unpaired) electrons. The lowest BCUT2D eigenvalue weighted by Crippen LogP contribution is -2.18. The lowest BCUT2D eigenvalue weighted by atomic mass is 9.85. The average molecular weight is 369 g/mol. The predicted octanol–water partition coefficient (Wildman–Crippen LogP) is 4.53. The number of hydrogen-bond acceptors (Lipinski definition) is 3. The minimum Gasteiger partial charge on any atom is -0.302 e. The first kappa shape index (κ1) is 17.7. The molecule has 0 amide bonds. The van der Waals surface area contributed by atoms with Gasteiger partial charge in [-0.1, -0.05) is 6.07 Å². The fraction of sp³-hybridized carbons (Fsp3) is 0.238. The van der Waals surface area contributed by atoms with E-state index in [1.54, 1.807) is 24.3 Å². The Kier molecular flexibility index (Phi) is 4.66. The smallest absolute Gasteiger partial charge is 0.137 e. The number of hydrogen-bond donors (Lipinski definition) is 0. The molecule has 0 saturated carbocycles. The van der Waals surface area contributed by atoms with E-state index in [1.165, 1.54) is 12.3 Å². The molecule has 0 N–H and O–H groups in total. The van der Waals surface area contributed by atoms with Gasteiger partial charge in [-0.2, -0.15) is 10.2 Å². The minimum atomic E-state index is -0.498. The van der Waals surface area contributed by atoms with E-state index in [9.17, 15) is 8.78 Å². The SMILES string of the molecule is CN1CCC(c2cc(F)ccc2F)c2ccc(-c3cccnn3)c(F)c2C1. The highest BCUT2D eigenvalue weighted by Gasteiger charge is 2.28. The molecule has 1 aliphatic rings. The van der Waals surface area contributed by atoms with E-state index < -0.39 is 17.6 Å². The van der Waals surface area contributed by atoms with Crippen molar-refractivity contribution in [3.05, 3.63) is 82.8 Å². The van der Waals surface area contributed by atoms with Crippen molar-refractivity contribution in [2.75, 3.05) is 13.6 Å². The first-order chi connectivity index (χ1) is 13.0. The second kappa shape index (κ2) is 7.12. The molecule has 1 aliphatic heterocycles. The Bertz CT molecular complexity index is 976.